The Morgan fingerprint density at radius 1 is 0.821 bits per heavy atom. The molecule has 1 unspecified atom stereocenters. The van der Waals surface area contributed by atoms with Gasteiger partial charge in [0, 0.05) is 24.0 Å². The summed E-state index contributed by atoms with van der Waals surface area (Å²) in [5.74, 6) is -0.690. The van der Waals surface area contributed by atoms with Crippen molar-refractivity contribution in [2.75, 3.05) is 17.7 Å². The summed E-state index contributed by atoms with van der Waals surface area (Å²) in [4.78, 5) is 36.5. The van der Waals surface area contributed by atoms with Gasteiger partial charge in [-0.05, 0) is 49.2 Å². The second kappa shape index (κ2) is 9.55. The summed E-state index contributed by atoms with van der Waals surface area (Å²) in [7, 11) is 1.53. The standard InChI is InChI=1S/C21H26N4O3/c1-13(2)18(25-19(26)15-7-5-14(3)6-8-15)20(27)23-16-9-11-17(12-10-16)24-21(28)22-4/h5-13,18H,1-4H3,(H,23,27)(H,25,26)(H2,22,24,28). The molecule has 28 heavy (non-hydrogen) atoms. The van der Waals surface area contributed by atoms with Crippen LogP contribution in [0.4, 0.5) is 16.2 Å². The van der Waals surface area contributed by atoms with Crippen molar-refractivity contribution in [2.45, 2.75) is 26.8 Å². The monoisotopic (exact) mass is 382 g/mol. The minimum absolute atomic E-state index is 0.0939. The fraction of sp³-hybridized carbons (Fsp3) is 0.286. The Balaban J connectivity index is 2.03. The minimum Gasteiger partial charge on any atom is -0.341 e. The zero-order chi connectivity index (χ0) is 20.7. The van der Waals surface area contributed by atoms with E-state index >= 15 is 0 Å². The number of nitrogens with one attached hydrogen (secondary N) is 4. The van der Waals surface area contributed by atoms with Crippen LogP contribution in [-0.4, -0.2) is 30.9 Å². The van der Waals surface area contributed by atoms with E-state index in [4.69, 9.17) is 0 Å². The molecule has 0 aliphatic carbocycles. The van der Waals surface area contributed by atoms with Gasteiger partial charge >= 0.3 is 6.03 Å². The third-order valence-corrected chi connectivity index (χ3v) is 4.19. The molecule has 0 aliphatic heterocycles. The van der Waals surface area contributed by atoms with Crippen LogP contribution in [0, 0.1) is 12.8 Å². The molecule has 7 heteroatoms. The van der Waals surface area contributed by atoms with Crippen LogP contribution < -0.4 is 21.3 Å². The van der Waals surface area contributed by atoms with Gasteiger partial charge in [-0.1, -0.05) is 31.5 Å². The van der Waals surface area contributed by atoms with Crippen LogP contribution >= 0.6 is 0 Å². The van der Waals surface area contributed by atoms with Gasteiger partial charge in [-0.25, -0.2) is 4.79 Å². The lowest BCUT2D eigenvalue weighted by Crippen LogP contribution is -2.47. The van der Waals surface area contributed by atoms with Gasteiger partial charge in [-0.15, -0.1) is 0 Å². The second-order valence-electron chi connectivity index (χ2n) is 6.83. The van der Waals surface area contributed by atoms with Crippen LogP contribution in [0.2, 0.25) is 0 Å². The predicted octanol–water partition coefficient (Wildman–Crippen LogP) is 3.14. The summed E-state index contributed by atoms with van der Waals surface area (Å²) in [6.45, 7) is 5.69. The smallest absolute Gasteiger partial charge is 0.318 e. The topological polar surface area (TPSA) is 99.3 Å². The van der Waals surface area contributed by atoms with Gasteiger partial charge in [0.15, 0.2) is 0 Å². The Hall–Kier alpha value is -3.35. The van der Waals surface area contributed by atoms with E-state index in [0.29, 0.717) is 16.9 Å². The fourth-order valence-electron chi connectivity index (χ4n) is 2.51. The summed E-state index contributed by atoms with van der Waals surface area (Å²) in [5, 5.41) is 10.7. The number of rotatable bonds is 6. The number of hydrogen-bond acceptors (Lipinski definition) is 3. The van der Waals surface area contributed by atoms with E-state index < -0.39 is 6.04 Å². The van der Waals surface area contributed by atoms with E-state index in [1.165, 1.54) is 7.05 Å². The molecule has 7 nitrogen and oxygen atoms in total. The highest BCUT2D eigenvalue weighted by Gasteiger charge is 2.24. The van der Waals surface area contributed by atoms with Crippen molar-refractivity contribution < 1.29 is 14.4 Å². The lowest BCUT2D eigenvalue weighted by molar-refractivity contribution is -0.118. The summed E-state index contributed by atoms with van der Waals surface area (Å²) in [6.07, 6.45) is 0. The molecule has 2 aromatic rings. The Labute approximate surface area is 164 Å². The molecule has 4 N–H and O–H groups in total. The number of anilines is 2. The first-order valence-electron chi connectivity index (χ1n) is 9.07. The molecule has 1 atom stereocenters. The van der Waals surface area contributed by atoms with Crippen LogP contribution in [0.15, 0.2) is 48.5 Å². The first-order chi connectivity index (χ1) is 13.3. The number of carbonyl (C=O) groups is 3. The Morgan fingerprint density at radius 2 is 1.36 bits per heavy atom. The average Bonchev–Trinajstić information content (AvgIpc) is 2.67. The van der Waals surface area contributed by atoms with Crippen LogP contribution in [0.25, 0.3) is 0 Å². The van der Waals surface area contributed by atoms with E-state index in [9.17, 15) is 14.4 Å². The molecule has 0 spiro atoms. The van der Waals surface area contributed by atoms with Crippen molar-refractivity contribution in [3.05, 3.63) is 59.7 Å². The van der Waals surface area contributed by atoms with Gasteiger partial charge in [0.05, 0.1) is 0 Å². The minimum atomic E-state index is -0.683. The zero-order valence-corrected chi connectivity index (χ0v) is 16.5. The number of benzene rings is 2. The predicted molar refractivity (Wildman–Crippen MR) is 110 cm³/mol. The van der Waals surface area contributed by atoms with Gasteiger partial charge in [-0.3, -0.25) is 9.59 Å². The highest BCUT2D eigenvalue weighted by Crippen LogP contribution is 2.15. The lowest BCUT2D eigenvalue weighted by atomic mass is 10.0. The highest BCUT2D eigenvalue weighted by molar-refractivity contribution is 6.01. The maximum absolute atomic E-state index is 12.7. The third kappa shape index (κ3) is 5.84. The van der Waals surface area contributed by atoms with Crippen LogP contribution in [0.1, 0.15) is 29.8 Å². The first kappa shape index (κ1) is 21.0. The molecular formula is C21H26N4O3. The zero-order valence-electron chi connectivity index (χ0n) is 16.5. The second-order valence-corrected chi connectivity index (χ2v) is 6.83. The molecule has 0 heterocycles. The van der Waals surface area contributed by atoms with E-state index in [-0.39, 0.29) is 23.8 Å². The van der Waals surface area contributed by atoms with E-state index in [0.717, 1.165) is 5.56 Å². The van der Waals surface area contributed by atoms with Crippen LogP contribution in [0.5, 0.6) is 0 Å². The Bertz CT molecular complexity index is 830. The maximum Gasteiger partial charge on any atom is 0.318 e. The molecule has 2 rings (SSSR count). The van der Waals surface area contributed by atoms with Crippen molar-refractivity contribution in [3.8, 4) is 0 Å². The third-order valence-electron chi connectivity index (χ3n) is 4.19. The number of urea groups is 1. The number of amides is 4. The first-order valence-corrected chi connectivity index (χ1v) is 9.07. The van der Waals surface area contributed by atoms with Gasteiger partial charge in [-0.2, -0.15) is 0 Å². The van der Waals surface area contributed by atoms with E-state index in [2.05, 4.69) is 21.3 Å². The molecule has 0 saturated heterocycles. The molecule has 0 radical (unpaired) electrons. The van der Waals surface area contributed by atoms with Crippen molar-refractivity contribution in [1.82, 2.24) is 10.6 Å². The Kier molecular flexibility index (Phi) is 7.14. The average molecular weight is 382 g/mol. The van der Waals surface area contributed by atoms with Crippen molar-refractivity contribution in [1.29, 1.82) is 0 Å². The van der Waals surface area contributed by atoms with Crippen molar-refractivity contribution in [2.24, 2.45) is 5.92 Å². The normalized spacial score (nSPS) is 11.5. The van der Waals surface area contributed by atoms with Gasteiger partial charge in [0.2, 0.25) is 5.91 Å². The molecule has 0 saturated carbocycles. The molecule has 0 fully saturated rings. The van der Waals surface area contributed by atoms with Crippen molar-refractivity contribution in [3.63, 3.8) is 0 Å². The number of hydrogen-bond donors (Lipinski definition) is 4. The number of carbonyl (C=O) groups excluding carboxylic acids is 3. The Morgan fingerprint density at radius 3 is 1.86 bits per heavy atom. The van der Waals surface area contributed by atoms with Gasteiger partial charge < -0.3 is 21.3 Å². The van der Waals surface area contributed by atoms with E-state index in [1.54, 1.807) is 36.4 Å². The van der Waals surface area contributed by atoms with Crippen molar-refractivity contribution >= 4 is 29.2 Å². The summed E-state index contributed by atoms with van der Waals surface area (Å²) in [6, 6.07) is 12.9. The number of aryl methyl sites for hydroxylation is 1. The highest BCUT2D eigenvalue weighted by atomic mass is 16.2. The molecule has 0 aromatic heterocycles. The molecule has 4 amide bonds. The lowest BCUT2D eigenvalue weighted by Gasteiger charge is -2.22. The molecular weight excluding hydrogens is 356 g/mol. The van der Waals surface area contributed by atoms with Gasteiger partial charge in [0.1, 0.15) is 6.04 Å². The summed E-state index contributed by atoms with van der Waals surface area (Å²) in [5.41, 5.74) is 2.74. The maximum atomic E-state index is 12.7. The molecule has 0 bridgehead atoms. The summed E-state index contributed by atoms with van der Waals surface area (Å²) >= 11 is 0. The van der Waals surface area contributed by atoms with E-state index in [1.807, 2.05) is 32.9 Å². The molecule has 148 valence electrons. The molecule has 0 aliphatic rings. The molecule has 2 aromatic carbocycles. The SMILES string of the molecule is CNC(=O)Nc1ccc(NC(=O)C(NC(=O)c2ccc(C)cc2)C(C)C)cc1. The fourth-order valence-corrected chi connectivity index (χ4v) is 2.51. The quantitative estimate of drug-likeness (QED) is 0.618. The van der Waals surface area contributed by atoms with Crippen LogP contribution in [-0.2, 0) is 4.79 Å². The summed E-state index contributed by atoms with van der Waals surface area (Å²) < 4.78 is 0. The largest absolute Gasteiger partial charge is 0.341 e. The van der Waals surface area contributed by atoms with Gasteiger partial charge in [0.25, 0.3) is 5.91 Å². The van der Waals surface area contributed by atoms with Crippen LogP contribution in [0.3, 0.4) is 0 Å².